The number of carboxylic acid groups (broad SMARTS) is 1. The summed E-state index contributed by atoms with van der Waals surface area (Å²) in [7, 11) is 3.38. The van der Waals surface area contributed by atoms with E-state index in [0.29, 0.717) is 0 Å². The number of allylic oxidation sites excluding steroid dienone is 11. The summed E-state index contributed by atoms with van der Waals surface area (Å²) >= 11 is 3.90. The Balaban J connectivity index is 0. The van der Waals surface area contributed by atoms with Crippen molar-refractivity contribution < 1.29 is 14.7 Å². The summed E-state index contributed by atoms with van der Waals surface area (Å²) in [5, 5.41) is 18.3. The first-order valence-corrected chi connectivity index (χ1v) is 13.2. The van der Waals surface area contributed by atoms with E-state index < -0.39 is 12.0 Å². The van der Waals surface area contributed by atoms with E-state index in [-0.39, 0.29) is 30.0 Å². The summed E-state index contributed by atoms with van der Waals surface area (Å²) in [6.45, 7) is 2.14. The van der Waals surface area contributed by atoms with Crippen molar-refractivity contribution in [1.29, 1.82) is 5.41 Å². The molecular weight excluding hydrogens is 500 g/mol. The second-order valence-electron chi connectivity index (χ2n) is 8.01. The largest absolute Gasteiger partial charge is 0.480 e. The number of carbonyl (C=O) groups excluding carboxylic acids is 1. The van der Waals surface area contributed by atoms with Gasteiger partial charge >= 0.3 is 5.97 Å². The number of hydrogen-bond donors (Lipinski definition) is 6. The van der Waals surface area contributed by atoms with Crippen LogP contribution in [0.25, 0.3) is 0 Å². The van der Waals surface area contributed by atoms with Gasteiger partial charge in [0.05, 0.1) is 0 Å². The molecule has 0 fully saturated rings. The van der Waals surface area contributed by atoms with E-state index >= 15 is 0 Å². The molecule has 10 heteroatoms. The molecule has 0 heterocycles. The van der Waals surface area contributed by atoms with E-state index in [1.807, 2.05) is 12.2 Å². The lowest BCUT2D eigenvalue weighted by molar-refractivity contribution is -0.140. The van der Waals surface area contributed by atoms with Crippen LogP contribution in [0.5, 0.6) is 0 Å². The Morgan fingerprint density at radius 1 is 0.868 bits per heavy atom. The minimum absolute atomic E-state index is 0.0509. The minimum Gasteiger partial charge on any atom is -0.480 e. The maximum absolute atomic E-state index is 11.6. The van der Waals surface area contributed by atoms with Gasteiger partial charge in [-0.15, -0.1) is 0 Å². The van der Waals surface area contributed by atoms with Crippen molar-refractivity contribution in [3.63, 3.8) is 0 Å². The van der Waals surface area contributed by atoms with Crippen molar-refractivity contribution >= 4 is 36.4 Å². The van der Waals surface area contributed by atoms with Crippen LogP contribution in [0.1, 0.15) is 51.9 Å². The summed E-state index contributed by atoms with van der Waals surface area (Å²) in [6, 6.07) is -0.940. The van der Waals surface area contributed by atoms with E-state index in [9.17, 15) is 9.59 Å². The van der Waals surface area contributed by atoms with Crippen molar-refractivity contribution in [3.8, 4) is 0 Å². The van der Waals surface area contributed by atoms with Crippen LogP contribution in [0.3, 0.4) is 0 Å². The van der Waals surface area contributed by atoms with Crippen molar-refractivity contribution in [2.75, 3.05) is 19.8 Å². The van der Waals surface area contributed by atoms with Crippen LogP contribution in [-0.2, 0) is 9.59 Å². The Labute approximate surface area is 233 Å². The van der Waals surface area contributed by atoms with Gasteiger partial charge in [-0.3, -0.25) is 10.2 Å². The molecular formula is C28H46N6O3S. The van der Waals surface area contributed by atoms with Gasteiger partial charge in [0, 0.05) is 26.3 Å². The zero-order chi connectivity index (χ0) is 29.0. The Morgan fingerprint density at radius 3 is 1.55 bits per heavy atom. The molecule has 0 radical (unpaired) electrons. The van der Waals surface area contributed by atoms with Gasteiger partial charge in [-0.25, -0.2) is 4.79 Å². The van der Waals surface area contributed by atoms with Crippen LogP contribution in [-0.4, -0.2) is 59.7 Å². The SMILES string of the molecule is CC/C=C\C/C=C\C/C=C\C/C=C\C/C=C\C/C=C\CC(=O)N[C@H](CS)C(=O)O.CN(C)C(=N)N=C(N)N. The molecule has 0 aliphatic heterocycles. The molecule has 0 saturated heterocycles. The fraction of sp³-hybridized carbons (Fsp3) is 0.429. The Hall–Kier alpha value is -3.53. The van der Waals surface area contributed by atoms with E-state index in [4.69, 9.17) is 22.0 Å². The fourth-order valence-corrected chi connectivity index (χ4v) is 2.62. The third kappa shape index (κ3) is 27.1. The maximum Gasteiger partial charge on any atom is 0.327 e. The molecule has 0 unspecified atom stereocenters. The molecule has 212 valence electrons. The lowest BCUT2D eigenvalue weighted by atomic mass is 10.2. The molecule has 1 amide bonds. The van der Waals surface area contributed by atoms with E-state index in [2.05, 4.69) is 84.5 Å². The third-order valence-corrected chi connectivity index (χ3v) is 4.74. The number of thiol groups is 1. The van der Waals surface area contributed by atoms with Crippen LogP contribution < -0.4 is 16.8 Å². The quantitative estimate of drug-likeness (QED) is 0.0732. The number of guanidine groups is 2. The topological polar surface area (TPSA) is 158 Å². The summed E-state index contributed by atoms with van der Waals surface area (Å²) in [4.78, 5) is 27.4. The average Bonchev–Trinajstić information content (AvgIpc) is 2.86. The third-order valence-electron chi connectivity index (χ3n) is 4.37. The summed E-state index contributed by atoms with van der Waals surface area (Å²) in [5.41, 5.74) is 9.98. The number of nitrogens with one attached hydrogen (secondary N) is 2. The van der Waals surface area contributed by atoms with E-state index in [0.717, 1.165) is 38.5 Å². The molecule has 0 bridgehead atoms. The molecule has 0 spiro atoms. The number of rotatable bonds is 16. The number of nitrogens with two attached hydrogens (primary N) is 2. The van der Waals surface area contributed by atoms with Gasteiger partial charge < -0.3 is 26.8 Å². The van der Waals surface area contributed by atoms with Crippen LogP contribution >= 0.6 is 12.6 Å². The smallest absolute Gasteiger partial charge is 0.327 e. The Morgan fingerprint density at radius 2 is 1.26 bits per heavy atom. The maximum atomic E-state index is 11.6. The van der Waals surface area contributed by atoms with Gasteiger partial charge in [0.25, 0.3) is 0 Å². The van der Waals surface area contributed by atoms with Gasteiger partial charge in [0.1, 0.15) is 6.04 Å². The molecule has 0 aromatic rings. The fourth-order valence-electron chi connectivity index (χ4n) is 2.37. The molecule has 0 aromatic carbocycles. The summed E-state index contributed by atoms with van der Waals surface area (Å²) < 4.78 is 0. The van der Waals surface area contributed by atoms with Crippen molar-refractivity contribution in [2.24, 2.45) is 16.5 Å². The van der Waals surface area contributed by atoms with E-state index in [1.54, 1.807) is 20.2 Å². The molecule has 0 aliphatic rings. The molecule has 1 atom stereocenters. The number of amides is 1. The first-order valence-electron chi connectivity index (χ1n) is 12.5. The number of carboxylic acids is 1. The minimum atomic E-state index is -1.07. The molecule has 0 saturated carbocycles. The highest BCUT2D eigenvalue weighted by atomic mass is 32.1. The van der Waals surface area contributed by atoms with Crippen molar-refractivity contribution in [3.05, 3.63) is 72.9 Å². The molecule has 9 nitrogen and oxygen atoms in total. The van der Waals surface area contributed by atoms with Gasteiger partial charge in [0.15, 0.2) is 5.96 Å². The van der Waals surface area contributed by atoms with Gasteiger partial charge in [-0.2, -0.15) is 17.6 Å². The monoisotopic (exact) mass is 546 g/mol. The predicted octanol–water partition coefficient (Wildman–Crippen LogP) is 4.33. The van der Waals surface area contributed by atoms with Crippen LogP contribution in [0, 0.1) is 5.41 Å². The first kappa shape index (κ1) is 36.6. The van der Waals surface area contributed by atoms with E-state index in [1.165, 1.54) is 4.90 Å². The summed E-state index contributed by atoms with van der Waals surface area (Å²) in [6.07, 6.45) is 30.9. The second kappa shape index (κ2) is 26.5. The molecule has 38 heavy (non-hydrogen) atoms. The highest BCUT2D eigenvalue weighted by molar-refractivity contribution is 7.80. The van der Waals surface area contributed by atoms with Gasteiger partial charge in [-0.05, 0) is 38.5 Å². The standard InChI is InChI=1S/C24H35NO3S.C4H11N5/c1-2-3-4-5-6-7-8-9-10-11-12-13-14-15-16-17-18-19-20-23(26)25-22(21-29)24(27)28;1-9(2)4(7)8-3(5)6/h3-4,6-7,9-10,12-13,15-16,18-19,22,29H,2,5,8,11,14,17,20-21H2,1H3,(H,25,26)(H,27,28);1-2H3,(H5,5,6,7,8)/b4-3-,7-6-,10-9-,13-12-,16-15-,19-18-;/t22-;/m1./s1. The Bertz CT molecular complexity index is 870. The zero-order valence-corrected chi connectivity index (χ0v) is 23.8. The summed E-state index contributed by atoms with van der Waals surface area (Å²) in [5.74, 6) is -1.35. The van der Waals surface area contributed by atoms with Crippen LogP contribution in [0.2, 0.25) is 0 Å². The van der Waals surface area contributed by atoms with Gasteiger partial charge in [-0.1, -0.05) is 79.8 Å². The number of aliphatic carboxylic acids is 1. The van der Waals surface area contributed by atoms with Crippen LogP contribution in [0.15, 0.2) is 77.9 Å². The number of carbonyl (C=O) groups is 2. The first-order chi connectivity index (χ1) is 18.1. The number of nitrogens with zero attached hydrogens (tertiary/aromatic N) is 2. The average molecular weight is 547 g/mol. The Kier molecular flexibility index (Phi) is 25.6. The molecule has 0 rings (SSSR count). The van der Waals surface area contributed by atoms with Crippen LogP contribution in [0.4, 0.5) is 0 Å². The van der Waals surface area contributed by atoms with Gasteiger partial charge in [0.2, 0.25) is 11.9 Å². The molecule has 0 aliphatic carbocycles. The zero-order valence-electron chi connectivity index (χ0n) is 22.9. The lowest BCUT2D eigenvalue weighted by Crippen LogP contribution is -2.41. The highest BCUT2D eigenvalue weighted by Gasteiger charge is 2.16. The molecule has 7 N–H and O–H groups in total. The van der Waals surface area contributed by atoms with Crippen molar-refractivity contribution in [2.45, 2.75) is 57.9 Å². The van der Waals surface area contributed by atoms with Crippen molar-refractivity contribution in [1.82, 2.24) is 10.2 Å². The lowest BCUT2D eigenvalue weighted by Gasteiger charge is -2.10. The number of hydrogen-bond acceptors (Lipinski definition) is 4. The normalized spacial score (nSPS) is 12.4. The molecule has 0 aromatic heterocycles. The number of aliphatic imine (C=N–C) groups is 1. The highest BCUT2D eigenvalue weighted by Crippen LogP contribution is 1.97. The predicted molar refractivity (Wildman–Crippen MR) is 163 cm³/mol. The second-order valence-corrected chi connectivity index (χ2v) is 8.38.